The van der Waals surface area contributed by atoms with Crippen LogP contribution in [0.15, 0.2) is 0 Å². The number of nitrogens with one attached hydrogen (secondary N) is 1. The van der Waals surface area contributed by atoms with Gasteiger partial charge in [-0.05, 0) is 11.8 Å². The summed E-state index contributed by atoms with van der Waals surface area (Å²) >= 11 is 4.85. The molecule has 4 nitrogen and oxygen atoms in total. The van der Waals surface area contributed by atoms with Gasteiger partial charge in [-0.1, -0.05) is 0 Å². The Balaban J connectivity index is 3.42. The molecule has 0 radical (unpaired) electrons. The molecule has 0 fully saturated rings. The molecule has 0 aromatic heterocycles. The van der Waals surface area contributed by atoms with Crippen molar-refractivity contribution in [3.63, 3.8) is 0 Å². The predicted molar refractivity (Wildman–Crippen MR) is 28.4 cm³/mol. The van der Waals surface area contributed by atoms with E-state index in [1.807, 2.05) is 4.84 Å². The molecule has 6 heteroatoms. The third-order valence-corrected chi connectivity index (χ3v) is 1.34. The van der Waals surface area contributed by atoms with E-state index >= 15 is 0 Å². The fraction of sp³-hybridized carbons (Fsp3) is 1.00. The van der Waals surface area contributed by atoms with E-state index in [0.717, 1.165) is 0 Å². The highest BCUT2D eigenvalue weighted by molar-refractivity contribution is 7.85. The maximum atomic E-state index is 9.74. The molecule has 0 aliphatic rings. The van der Waals surface area contributed by atoms with E-state index in [0.29, 0.717) is 0 Å². The zero-order chi connectivity index (χ0) is 6.62. The van der Waals surface area contributed by atoms with E-state index in [-0.39, 0.29) is 6.54 Å². The summed E-state index contributed by atoms with van der Waals surface area (Å²) in [5, 5.41) is 0. The Morgan fingerprint density at radius 2 is 2.12 bits per heavy atom. The van der Waals surface area contributed by atoms with Gasteiger partial charge in [0.25, 0.3) is 0 Å². The minimum atomic E-state index is -4.08. The van der Waals surface area contributed by atoms with Crippen molar-refractivity contribution < 1.29 is 13.0 Å². The normalized spacial score (nSPS) is 11.8. The van der Waals surface area contributed by atoms with Crippen molar-refractivity contribution in [2.24, 2.45) is 0 Å². The Morgan fingerprint density at radius 1 is 1.62 bits per heavy atom. The highest BCUT2D eigenvalue weighted by atomic mass is 35.5. The lowest BCUT2D eigenvalue weighted by Gasteiger charge is -2.02. The van der Waals surface area contributed by atoms with Gasteiger partial charge >= 0.3 is 0 Å². The lowest BCUT2D eigenvalue weighted by atomic mass is 10.8. The van der Waals surface area contributed by atoms with Crippen molar-refractivity contribution in [3.05, 3.63) is 0 Å². The molecule has 0 saturated carbocycles. The van der Waals surface area contributed by atoms with Crippen LogP contribution in [0.1, 0.15) is 0 Å². The van der Waals surface area contributed by atoms with Crippen LogP contribution >= 0.6 is 11.8 Å². The Morgan fingerprint density at radius 3 is 2.25 bits per heavy atom. The summed E-state index contributed by atoms with van der Waals surface area (Å²) in [5.74, 6) is -0.462. The van der Waals surface area contributed by atoms with E-state index < -0.39 is 15.9 Å². The van der Waals surface area contributed by atoms with Gasteiger partial charge in [0.15, 0.2) is 0 Å². The van der Waals surface area contributed by atoms with Crippen LogP contribution in [-0.4, -0.2) is 25.3 Å². The van der Waals surface area contributed by atoms with Crippen molar-refractivity contribution in [2.75, 3.05) is 12.3 Å². The summed E-state index contributed by atoms with van der Waals surface area (Å²) < 4.78 is 29.2. The second-order valence-corrected chi connectivity index (χ2v) is 2.94. The first-order valence-corrected chi connectivity index (χ1v) is 3.79. The number of halogens is 1. The van der Waals surface area contributed by atoms with Crippen LogP contribution < -0.4 is 4.84 Å². The summed E-state index contributed by atoms with van der Waals surface area (Å²) in [7, 11) is -4.08. The summed E-state index contributed by atoms with van der Waals surface area (Å²) in [6, 6.07) is 0. The average Bonchev–Trinajstić information content (AvgIpc) is 1.59. The second-order valence-electron chi connectivity index (χ2n) is 1.15. The van der Waals surface area contributed by atoms with Crippen LogP contribution in [0.3, 0.4) is 0 Å². The average molecular weight is 159 g/mol. The summed E-state index contributed by atoms with van der Waals surface area (Å²) in [5.41, 5.74) is 0. The number of rotatable bonds is 3. The fourth-order valence-corrected chi connectivity index (χ4v) is 0.722. The molecular weight excluding hydrogens is 154 g/mol. The van der Waals surface area contributed by atoms with E-state index in [9.17, 15) is 13.0 Å². The van der Waals surface area contributed by atoms with Gasteiger partial charge in [0.05, 0.1) is 15.9 Å². The molecule has 0 aromatic rings. The van der Waals surface area contributed by atoms with Crippen LogP contribution in [0.25, 0.3) is 0 Å². The van der Waals surface area contributed by atoms with E-state index in [2.05, 4.69) is 0 Å². The lowest BCUT2D eigenvalue weighted by Crippen LogP contribution is -2.14. The molecule has 1 N–H and O–H groups in total. The van der Waals surface area contributed by atoms with Crippen LogP contribution in [0.4, 0.5) is 0 Å². The van der Waals surface area contributed by atoms with Gasteiger partial charge in [-0.2, -0.15) is 0 Å². The Labute approximate surface area is 52.7 Å². The van der Waals surface area contributed by atoms with Crippen LogP contribution in [0.2, 0.25) is 0 Å². The zero-order valence-electron chi connectivity index (χ0n) is 3.93. The largest absolute Gasteiger partial charge is 0.748 e. The summed E-state index contributed by atoms with van der Waals surface area (Å²) in [6.07, 6.45) is 0. The molecule has 0 aliphatic heterocycles. The smallest absolute Gasteiger partial charge is 0.0959 e. The van der Waals surface area contributed by atoms with Gasteiger partial charge in [0, 0.05) is 6.54 Å². The first-order valence-electron chi connectivity index (χ1n) is 1.83. The van der Waals surface area contributed by atoms with Gasteiger partial charge in [-0.15, -0.1) is 0 Å². The fourth-order valence-electron chi connectivity index (χ4n) is 0.164. The minimum Gasteiger partial charge on any atom is -0.748 e. The molecule has 0 aromatic carbocycles. The lowest BCUT2D eigenvalue weighted by molar-refractivity contribution is 0.463. The maximum absolute atomic E-state index is 9.74. The van der Waals surface area contributed by atoms with Gasteiger partial charge < -0.3 is 4.55 Å². The van der Waals surface area contributed by atoms with Crippen molar-refractivity contribution >= 4 is 21.9 Å². The molecule has 0 heterocycles. The molecule has 0 aliphatic carbocycles. The molecule has 0 unspecified atom stereocenters. The molecular formula is C2H5ClNO3S-. The molecule has 0 atom stereocenters. The monoisotopic (exact) mass is 158 g/mol. The standard InChI is InChI=1S/C2H6ClNO3S/c3-4-1-2-8(5,6)7/h4H,1-2H2,(H,5,6,7)/p-1. The Bertz CT molecular complexity index is 141. The van der Waals surface area contributed by atoms with Gasteiger partial charge in [0.1, 0.15) is 0 Å². The third kappa shape index (κ3) is 6.16. The van der Waals surface area contributed by atoms with Crippen molar-refractivity contribution in [2.45, 2.75) is 0 Å². The first kappa shape index (κ1) is 8.16. The van der Waals surface area contributed by atoms with Crippen LogP contribution in [0, 0.1) is 0 Å². The maximum Gasteiger partial charge on any atom is 0.0959 e. The Kier molecular flexibility index (Phi) is 3.30. The van der Waals surface area contributed by atoms with Crippen LogP contribution in [-0.2, 0) is 10.1 Å². The Hall–Kier alpha value is 0.160. The van der Waals surface area contributed by atoms with E-state index in [1.165, 1.54) is 0 Å². The quantitative estimate of drug-likeness (QED) is 0.435. The third-order valence-electron chi connectivity index (χ3n) is 0.447. The molecule has 0 bridgehead atoms. The van der Waals surface area contributed by atoms with Gasteiger partial charge in [0.2, 0.25) is 0 Å². The van der Waals surface area contributed by atoms with Gasteiger partial charge in [-0.3, -0.25) is 0 Å². The van der Waals surface area contributed by atoms with Gasteiger partial charge in [-0.25, -0.2) is 13.3 Å². The molecule has 0 saturated heterocycles. The molecule has 8 heavy (non-hydrogen) atoms. The number of hydrogen-bond donors (Lipinski definition) is 1. The minimum absolute atomic E-state index is 0.00656. The molecule has 50 valence electrons. The second kappa shape index (κ2) is 3.24. The topological polar surface area (TPSA) is 69.2 Å². The van der Waals surface area contributed by atoms with E-state index in [1.54, 1.807) is 0 Å². The summed E-state index contributed by atoms with van der Waals surface area (Å²) in [6.45, 7) is -0.00656. The predicted octanol–water partition coefficient (Wildman–Crippen LogP) is -0.725. The SMILES string of the molecule is O=S(=O)([O-])CCNCl. The summed E-state index contributed by atoms with van der Waals surface area (Å²) in [4.78, 5) is 2.02. The highest BCUT2D eigenvalue weighted by Gasteiger charge is 1.90. The molecule has 0 rings (SSSR count). The van der Waals surface area contributed by atoms with Crippen molar-refractivity contribution in [1.82, 2.24) is 4.84 Å². The van der Waals surface area contributed by atoms with Crippen LogP contribution in [0.5, 0.6) is 0 Å². The number of hydrogen-bond acceptors (Lipinski definition) is 4. The van der Waals surface area contributed by atoms with Crippen molar-refractivity contribution in [3.8, 4) is 0 Å². The first-order chi connectivity index (χ1) is 3.56. The zero-order valence-corrected chi connectivity index (χ0v) is 5.50. The van der Waals surface area contributed by atoms with E-state index in [4.69, 9.17) is 11.8 Å². The van der Waals surface area contributed by atoms with Crippen molar-refractivity contribution in [1.29, 1.82) is 0 Å². The molecule has 0 spiro atoms. The molecule has 0 amide bonds. The highest BCUT2D eigenvalue weighted by Crippen LogP contribution is 1.77.